The van der Waals surface area contributed by atoms with Crippen molar-refractivity contribution >= 4 is 49.1 Å². The standard InChI is InChI=1S/C23H16Br2N2O3/c24-15-2-6-17(7-3-15)26-19-12-20(14-1-10-21-22(11-14)30-13-29-21)27(23(19)28)18-8-4-16(25)5-9-18/h1-12,20,26H,13H2/t20-/m0/s1. The lowest BCUT2D eigenvalue weighted by atomic mass is 10.1. The van der Waals surface area contributed by atoms with Crippen molar-refractivity contribution in [3.63, 3.8) is 0 Å². The molecule has 0 fully saturated rings. The summed E-state index contributed by atoms with van der Waals surface area (Å²) < 4.78 is 12.9. The van der Waals surface area contributed by atoms with E-state index in [1.54, 1.807) is 4.90 Å². The van der Waals surface area contributed by atoms with Crippen molar-refractivity contribution in [3.05, 3.63) is 93.0 Å². The lowest BCUT2D eigenvalue weighted by Crippen LogP contribution is -2.30. The average Bonchev–Trinajstić information content (AvgIpc) is 3.35. The second-order valence-corrected chi connectivity index (χ2v) is 8.75. The summed E-state index contributed by atoms with van der Waals surface area (Å²) in [6.45, 7) is 0.213. The lowest BCUT2D eigenvalue weighted by molar-refractivity contribution is -0.114. The van der Waals surface area contributed by atoms with E-state index in [9.17, 15) is 4.79 Å². The highest BCUT2D eigenvalue weighted by atomic mass is 79.9. The second-order valence-electron chi connectivity index (χ2n) is 6.92. The number of rotatable bonds is 4. The number of hydrogen-bond donors (Lipinski definition) is 1. The van der Waals surface area contributed by atoms with Gasteiger partial charge in [-0.05, 0) is 72.3 Å². The highest BCUT2D eigenvalue weighted by molar-refractivity contribution is 9.10. The van der Waals surface area contributed by atoms with Gasteiger partial charge in [0.2, 0.25) is 6.79 Å². The summed E-state index contributed by atoms with van der Waals surface area (Å²) in [5, 5.41) is 3.26. The van der Waals surface area contributed by atoms with Crippen LogP contribution < -0.4 is 19.7 Å². The molecule has 2 aliphatic rings. The quantitative estimate of drug-likeness (QED) is 0.450. The third kappa shape index (κ3) is 3.59. The van der Waals surface area contributed by atoms with Crippen LogP contribution in [0.3, 0.4) is 0 Å². The predicted molar refractivity (Wildman–Crippen MR) is 123 cm³/mol. The summed E-state index contributed by atoms with van der Waals surface area (Å²) in [4.78, 5) is 15.2. The number of fused-ring (bicyclic) bond motifs is 1. The summed E-state index contributed by atoms with van der Waals surface area (Å²) in [5.41, 5.74) is 3.14. The minimum Gasteiger partial charge on any atom is -0.454 e. The Bertz CT molecular complexity index is 1140. The van der Waals surface area contributed by atoms with Gasteiger partial charge >= 0.3 is 0 Å². The van der Waals surface area contributed by atoms with Crippen LogP contribution in [0.1, 0.15) is 11.6 Å². The molecule has 150 valence electrons. The van der Waals surface area contributed by atoms with E-state index in [-0.39, 0.29) is 18.7 Å². The van der Waals surface area contributed by atoms with Crippen LogP contribution in [0.4, 0.5) is 11.4 Å². The highest BCUT2D eigenvalue weighted by Gasteiger charge is 2.35. The van der Waals surface area contributed by atoms with Crippen molar-refractivity contribution in [2.75, 3.05) is 17.0 Å². The van der Waals surface area contributed by atoms with Crippen LogP contribution in [0, 0.1) is 0 Å². The molecule has 0 aliphatic carbocycles. The predicted octanol–water partition coefficient (Wildman–Crippen LogP) is 6.02. The molecule has 1 amide bonds. The molecular formula is C23H16Br2N2O3. The number of nitrogens with zero attached hydrogens (tertiary/aromatic N) is 1. The number of hydrogen-bond acceptors (Lipinski definition) is 4. The van der Waals surface area contributed by atoms with Crippen molar-refractivity contribution in [1.82, 2.24) is 0 Å². The maximum Gasteiger partial charge on any atom is 0.275 e. The Labute approximate surface area is 190 Å². The maximum absolute atomic E-state index is 13.4. The number of halogens is 2. The summed E-state index contributed by atoms with van der Waals surface area (Å²) in [6, 6.07) is 21.0. The van der Waals surface area contributed by atoms with Crippen LogP contribution in [-0.4, -0.2) is 12.7 Å². The zero-order chi connectivity index (χ0) is 20.7. The van der Waals surface area contributed by atoms with E-state index < -0.39 is 0 Å². The molecule has 0 spiro atoms. The molecule has 2 heterocycles. The Morgan fingerprint density at radius 2 is 1.53 bits per heavy atom. The molecule has 0 saturated heterocycles. The molecule has 5 nitrogen and oxygen atoms in total. The highest BCUT2D eigenvalue weighted by Crippen LogP contribution is 2.40. The van der Waals surface area contributed by atoms with Crippen molar-refractivity contribution in [2.45, 2.75) is 6.04 Å². The summed E-state index contributed by atoms with van der Waals surface area (Å²) in [5.74, 6) is 1.32. The normalized spacial score (nSPS) is 17.3. The zero-order valence-corrected chi connectivity index (χ0v) is 18.8. The first-order valence-corrected chi connectivity index (χ1v) is 10.9. The third-order valence-corrected chi connectivity index (χ3v) is 6.08. The zero-order valence-electron chi connectivity index (χ0n) is 15.6. The van der Waals surface area contributed by atoms with Crippen LogP contribution in [0.15, 0.2) is 87.4 Å². The molecule has 0 radical (unpaired) electrons. The molecule has 2 aliphatic heterocycles. The van der Waals surface area contributed by atoms with Crippen molar-refractivity contribution in [1.29, 1.82) is 0 Å². The van der Waals surface area contributed by atoms with Crippen LogP contribution in [0.5, 0.6) is 11.5 Å². The Kier molecular flexibility index (Phi) is 5.00. The average molecular weight is 528 g/mol. The van der Waals surface area contributed by atoms with Gasteiger partial charge < -0.3 is 14.8 Å². The first-order valence-electron chi connectivity index (χ1n) is 9.31. The number of carbonyl (C=O) groups is 1. The minimum atomic E-state index is -0.272. The minimum absolute atomic E-state index is 0.0945. The number of benzene rings is 3. The van der Waals surface area contributed by atoms with E-state index in [1.165, 1.54) is 0 Å². The Hall–Kier alpha value is -2.77. The van der Waals surface area contributed by atoms with E-state index in [2.05, 4.69) is 37.2 Å². The Balaban J connectivity index is 1.54. The molecule has 7 heteroatoms. The van der Waals surface area contributed by atoms with Crippen molar-refractivity contribution in [2.24, 2.45) is 0 Å². The van der Waals surface area contributed by atoms with Crippen LogP contribution >= 0.6 is 31.9 Å². The lowest BCUT2D eigenvalue weighted by Gasteiger charge is -2.25. The number of ether oxygens (including phenoxy) is 2. The van der Waals surface area contributed by atoms with Crippen molar-refractivity contribution < 1.29 is 14.3 Å². The van der Waals surface area contributed by atoms with Gasteiger partial charge in [-0.15, -0.1) is 0 Å². The van der Waals surface area contributed by atoms with Gasteiger partial charge in [0.25, 0.3) is 5.91 Å². The molecule has 0 aromatic heterocycles. The smallest absolute Gasteiger partial charge is 0.275 e. The monoisotopic (exact) mass is 526 g/mol. The molecule has 3 aromatic carbocycles. The van der Waals surface area contributed by atoms with Crippen LogP contribution in [0.2, 0.25) is 0 Å². The van der Waals surface area contributed by atoms with E-state index in [4.69, 9.17) is 9.47 Å². The molecule has 30 heavy (non-hydrogen) atoms. The number of amides is 1. The van der Waals surface area contributed by atoms with Gasteiger partial charge in [0.1, 0.15) is 5.70 Å². The third-order valence-electron chi connectivity index (χ3n) is 5.02. The SMILES string of the molecule is O=C1C(Nc2ccc(Br)cc2)=C[C@@H](c2ccc3c(c2)OCO3)N1c1ccc(Br)cc1. The van der Waals surface area contributed by atoms with Gasteiger partial charge in [-0.2, -0.15) is 0 Å². The summed E-state index contributed by atoms with van der Waals surface area (Å²) in [7, 11) is 0. The topological polar surface area (TPSA) is 50.8 Å². The van der Waals surface area contributed by atoms with E-state index in [1.807, 2.05) is 72.8 Å². The Morgan fingerprint density at radius 1 is 0.867 bits per heavy atom. The molecule has 1 N–H and O–H groups in total. The van der Waals surface area contributed by atoms with Gasteiger partial charge in [-0.25, -0.2) is 0 Å². The molecule has 5 rings (SSSR count). The molecule has 1 atom stereocenters. The Morgan fingerprint density at radius 3 is 2.27 bits per heavy atom. The molecule has 0 saturated carbocycles. The van der Waals surface area contributed by atoms with E-state index in [0.717, 1.165) is 31.6 Å². The molecule has 3 aromatic rings. The van der Waals surface area contributed by atoms with Crippen molar-refractivity contribution in [3.8, 4) is 11.5 Å². The van der Waals surface area contributed by atoms with Crippen LogP contribution in [-0.2, 0) is 4.79 Å². The number of anilines is 2. The van der Waals surface area contributed by atoms with Gasteiger partial charge in [-0.1, -0.05) is 37.9 Å². The van der Waals surface area contributed by atoms with E-state index >= 15 is 0 Å². The number of nitrogens with one attached hydrogen (secondary N) is 1. The maximum atomic E-state index is 13.4. The fraction of sp³-hybridized carbons (Fsp3) is 0.0870. The second kappa shape index (κ2) is 7.81. The van der Waals surface area contributed by atoms with E-state index in [0.29, 0.717) is 11.4 Å². The number of carbonyl (C=O) groups excluding carboxylic acids is 1. The summed E-state index contributed by atoms with van der Waals surface area (Å²) >= 11 is 6.90. The fourth-order valence-electron chi connectivity index (χ4n) is 3.57. The fourth-order valence-corrected chi connectivity index (χ4v) is 4.09. The van der Waals surface area contributed by atoms with Gasteiger partial charge in [0, 0.05) is 20.3 Å². The van der Waals surface area contributed by atoms with Gasteiger partial charge in [0.05, 0.1) is 6.04 Å². The summed E-state index contributed by atoms with van der Waals surface area (Å²) in [6.07, 6.45) is 1.95. The molecule has 0 bridgehead atoms. The first kappa shape index (κ1) is 19.2. The van der Waals surface area contributed by atoms with Gasteiger partial charge in [-0.3, -0.25) is 9.69 Å². The molecular weight excluding hydrogens is 512 g/mol. The first-order chi connectivity index (χ1) is 14.6. The largest absolute Gasteiger partial charge is 0.454 e. The molecule has 0 unspecified atom stereocenters. The van der Waals surface area contributed by atoms with Crippen LogP contribution in [0.25, 0.3) is 0 Å². The van der Waals surface area contributed by atoms with Gasteiger partial charge in [0.15, 0.2) is 11.5 Å².